The molecular weight excluding hydrogens is 329 g/mol. The lowest BCUT2D eigenvalue weighted by molar-refractivity contribution is 0.301. The van der Waals surface area contributed by atoms with Gasteiger partial charge in [0.1, 0.15) is 18.1 Å². The molecule has 0 amide bonds. The van der Waals surface area contributed by atoms with Gasteiger partial charge in [-0.1, -0.05) is 21.9 Å². The number of tetrazole rings is 1. The highest BCUT2D eigenvalue weighted by atomic mass is 35.5. The number of hydrogen-bond acceptors (Lipinski definition) is 8. The third-order valence-electron chi connectivity index (χ3n) is 2.71. The molecule has 3 aromatic rings. The van der Waals surface area contributed by atoms with E-state index < -0.39 is 5.82 Å². The van der Waals surface area contributed by atoms with Crippen LogP contribution in [0.4, 0.5) is 16.0 Å². The summed E-state index contributed by atoms with van der Waals surface area (Å²) in [6.45, 7) is 0.0867. The molecule has 3 rings (SSSR count). The third kappa shape index (κ3) is 3.23. The Hall–Kier alpha value is -3.08. The van der Waals surface area contributed by atoms with Gasteiger partial charge in [-0.15, -0.1) is 5.10 Å². The fourth-order valence-corrected chi connectivity index (χ4v) is 1.88. The molecule has 0 saturated heterocycles. The number of aliphatic imine (C=N–C) groups is 1. The highest BCUT2D eigenvalue weighted by Crippen LogP contribution is 2.22. The number of nitrogen functional groups attached to an aromatic ring is 1. The number of anilines is 1. The number of nitrogens with zero attached hydrogens (tertiary/aromatic N) is 7. The van der Waals surface area contributed by atoms with Gasteiger partial charge >= 0.3 is 0 Å². The fraction of sp³-hybridized carbons (Fsp3) is 0.0909. The number of rotatable bonds is 4. The minimum Gasteiger partial charge on any atom is -0.382 e. The summed E-state index contributed by atoms with van der Waals surface area (Å²) in [5, 5.41) is 18.4. The van der Waals surface area contributed by atoms with E-state index in [-0.39, 0.29) is 29.0 Å². The monoisotopic (exact) mass is 337 g/mol. The van der Waals surface area contributed by atoms with Crippen LogP contribution in [0.2, 0.25) is 5.02 Å². The van der Waals surface area contributed by atoms with Gasteiger partial charge < -0.3 is 11.5 Å². The zero-order valence-electron chi connectivity index (χ0n) is 11.4. The largest absolute Gasteiger partial charge is 0.382 e. The van der Waals surface area contributed by atoms with Gasteiger partial charge in [0.15, 0.2) is 11.5 Å². The average Bonchev–Trinajstić information content (AvgIpc) is 3.12. The molecule has 12 heteroatoms. The number of amidine groups is 1. The summed E-state index contributed by atoms with van der Waals surface area (Å²) in [5.74, 6) is -0.523. The van der Waals surface area contributed by atoms with E-state index in [0.29, 0.717) is 11.4 Å². The lowest BCUT2D eigenvalue weighted by Gasteiger charge is -2.00. The first-order chi connectivity index (χ1) is 11.0. The molecule has 0 aliphatic rings. The van der Waals surface area contributed by atoms with Crippen molar-refractivity contribution in [2.75, 3.05) is 5.73 Å². The Morgan fingerprint density at radius 2 is 2.22 bits per heavy atom. The van der Waals surface area contributed by atoms with Crippen molar-refractivity contribution < 1.29 is 9.02 Å². The van der Waals surface area contributed by atoms with Gasteiger partial charge in [0, 0.05) is 0 Å². The van der Waals surface area contributed by atoms with Crippen molar-refractivity contribution in [3.8, 4) is 0 Å². The van der Waals surface area contributed by atoms with Crippen molar-refractivity contribution in [2.45, 2.75) is 6.54 Å². The second-order valence-electron chi connectivity index (χ2n) is 4.33. The molecule has 4 N–H and O–H groups in total. The van der Waals surface area contributed by atoms with Crippen molar-refractivity contribution in [1.29, 1.82) is 0 Å². The van der Waals surface area contributed by atoms with E-state index in [4.69, 9.17) is 23.1 Å². The summed E-state index contributed by atoms with van der Waals surface area (Å²) in [6.07, 6.45) is 0. The molecule has 0 saturated carbocycles. The zero-order valence-corrected chi connectivity index (χ0v) is 12.1. The fourth-order valence-electron chi connectivity index (χ4n) is 1.71. The highest BCUT2D eigenvalue weighted by molar-refractivity contribution is 6.31. The van der Waals surface area contributed by atoms with Crippen LogP contribution < -0.4 is 11.5 Å². The first kappa shape index (κ1) is 14.8. The van der Waals surface area contributed by atoms with E-state index in [1.807, 2.05) is 0 Å². The predicted octanol–water partition coefficient (Wildman–Crippen LogP) is 0.516. The van der Waals surface area contributed by atoms with E-state index in [1.54, 1.807) is 0 Å². The van der Waals surface area contributed by atoms with Crippen LogP contribution in [0.5, 0.6) is 0 Å². The summed E-state index contributed by atoms with van der Waals surface area (Å²) in [7, 11) is 0. The average molecular weight is 338 g/mol. The third-order valence-corrected chi connectivity index (χ3v) is 3.00. The summed E-state index contributed by atoms with van der Waals surface area (Å²) >= 11 is 5.69. The number of nitrogens with two attached hydrogens (primary N) is 2. The summed E-state index contributed by atoms with van der Waals surface area (Å²) in [6, 6.07) is 3.93. The summed E-state index contributed by atoms with van der Waals surface area (Å²) in [5.41, 5.74) is 12.1. The van der Waals surface area contributed by atoms with Crippen LogP contribution in [-0.2, 0) is 6.54 Å². The number of aromatic nitrogens is 6. The van der Waals surface area contributed by atoms with Gasteiger partial charge in [-0.2, -0.15) is 4.80 Å². The molecule has 0 atom stereocenters. The maximum absolute atomic E-state index is 13.1. The number of halogens is 2. The van der Waals surface area contributed by atoms with Crippen LogP contribution in [0, 0.1) is 5.82 Å². The predicted molar refractivity (Wildman–Crippen MR) is 77.4 cm³/mol. The normalized spacial score (nSPS) is 11.8. The van der Waals surface area contributed by atoms with Gasteiger partial charge in [0.2, 0.25) is 0 Å². The van der Waals surface area contributed by atoms with Crippen molar-refractivity contribution in [3.05, 3.63) is 40.4 Å². The van der Waals surface area contributed by atoms with Crippen LogP contribution in [-0.4, -0.2) is 36.4 Å². The maximum Gasteiger partial charge on any atom is 0.260 e. The van der Waals surface area contributed by atoms with Gasteiger partial charge in [-0.05, 0) is 28.6 Å². The van der Waals surface area contributed by atoms with E-state index >= 15 is 0 Å². The number of hydrogen-bond donors (Lipinski definition) is 2. The van der Waals surface area contributed by atoms with Gasteiger partial charge in [0.25, 0.3) is 5.95 Å². The first-order valence-electron chi connectivity index (χ1n) is 6.17. The second kappa shape index (κ2) is 5.96. The molecule has 2 aromatic heterocycles. The lowest BCUT2D eigenvalue weighted by Crippen LogP contribution is -2.17. The maximum atomic E-state index is 13.1. The molecule has 118 valence electrons. The minimum absolute atomic E-state index is 0.0111. The Labute approximate surface area is 132 Å². The Morgan fingerprint density at radius 1 is 1.39 bits per heavy atom. The standard InChI is InChI=1S/C11H9ClFN9O/c12-6-3-5(1-2-7(6)13)16-10(14)9-8(19-23-20-9)4-22-18-11(15)17-21-22/h1-3H,4H2,(H2,14,16)(H2,15,18). The number of benzene rings is 1. The molecule has 0 bridgehead atoms. The van der Waals surface area contributed by atoms with Gasteiger partial charge in [0.05, 0.1) is 10.7 Å². The second-order valence-corrected chi connectivity index (χ2v) is 4.74. The van der Waals surface area contributed by atoms with Crippen LogP contribution in [0.3, 0.4) is 0 Å². The van der Waals surface area contributed by atoms with Crippen LogP contribution in [0.1, 0.15) is 11.4 Å². The van der Waals surface area contributed by atoms with E-state index in [0.717, 1.165) is 0 Å². The van der Waals surface area contributed by atoms with Crippen molar-refractivity contribution >= 4 is 29.1 Å². The summed E-state index contributed by atoms with van der Waals surface area (Å²) < 4.78 is 17.8. The van der Waals surface area contributed by atoms with Crippen molar-refractivity contribution in [2.24, 2.45) is 10.7 Å². The Kier molecular flexibility index (Phi) is 3.85. The summed E-state index contributed by atoms with van der Waals surface area (Å²) in [4.78, 5) is 5.30. The molecule has 0 fully saturated rings. The molecule has 2 heterocycles. The molecule has 0 unspecified atom stereocenters. The van der Waals surface area contributed by atoms with Crippen molar-refractivity contribution in [1.82, 2.24) is 30.5 Å². The first-order valence-corrected chi connectivity index (χ1v) is 6.55. The lowest BCUT2D eigenvalue weighted by atomic mass is 10.3. The molecule has 10 nitrogen and oxygen atoms in total. The highest BCUT2D eigenvalue weighted by Gasteiger charge is 2.16. The molecule has 0 spiro atoms. The molecule has 23 heavy (non-hydrogen) atoms. The smallest absolute Gasteiger partial charge is 0.260 e. The SMILES string of the molecule is NC(=Nc1ccc(F)c(Cl)c1)c1nonc1Cn1nnc(N)n1. The van der Waals surface area contributed by atoms with Gasteiger partial charge in [-0.3, -0.25) is 0 Å². The quantitative estimate of drug-likeness (QED) is 0.517. The minimum atomic E-state index is -0.553. The van der Waals surface area contributed by atoms with Crippen LogP contribution in [0.25, 0.3) is 0 Å². The molecule has 0 aliphatic heterocycles. The Morgan fingerprint density at radius 3 is 2.91 bits per heavy atom. The molecule has 1 aromatic carbocycles. The Bertz CT molecular complexity index is 874. The van der Waals surface area contributed by atoms with E-state index in [1.165, 1.54) is 23.0 Å². The van der Waals surface area contributed by atoms with Crippen LogP contribution >= 0.6 is 11.6 Å². The topological polar surface area (TPSA) is 147 Å². The molecular formula is C11H9ClFN9O. The van der Waals surface area contributed by atoms with Crippen LogP contribution in [0.15, 0.2) is 27.8 Å². The van der Waals surface area contributed by atoms with E-state index in [9.17, 15) is 4.39 Å². The molecule has 0 aliphatic carbocycles. The zero-order chi connectivity index (χ0) is 16.4. The van der Waals surface area contributed by atoms with Crippen molar-refractivity contribution in [3.63, 3.8) is 0 Å². The van der Waals surface area contributed by atoms with E-state index in [2.05, 4.69) is 35.3 Å². The van der Waals surface area contributed by atoms with Gasteiger partial charge in [-0.25, -0.2) is 14.0 Å². The molecule has 0 radical (unpaired) electrons. The Balaban J connectivity index is 1.87.